The summed E-state index contributed by atoms with van der Waals surface area (Å²) in [6, 6.07) is 14.9. The number of nitrogens with zero attached hydrogens (tertiary/aromatic N) is 2. The van der Waals surface area contributed by atoms with Crippen molar-refractivity contribution in [2.24, 2.45) is 0 Å². The summed E-state index contributed by atoms with van der Waals surface area (Å²) in [5.74, 6) is 1.67. The van der Waals surface area contributed by atoms with Crippen molar-refractivity contribution in [2.45, 2.75) is 19.5 Å². The average molecular weight is 372 g/mol. The summed E-state index contributed by atoms with van der Waals surface area (Å²) in [4.78, 5) is 4.08. The molecule has 3 aromatic rings. The summed E-state index contributed by atoms with van der Waals surface area (Å²) in [5.41, 5.74) is 3.55. The first kappa shape index (κ1) is 18.3. The highest BCUT2D eigenvalue weighted by Crippen LogP contribution is 2.30. The third kappa shape index (κ3) is 4.00. The number of aromatic nitrogens is 2. The van der Waals surface area contributed by atoms with Crippen molar-refractivity contribution in [3.63, 3.8) is 0 Å². The first-order chi connectivity index (χ1) is 12.3. The SMILES string of the molecule is CC(NCc1ccc2c(c1)OCCO2)c1ccc(-n2ccnc2)cc1.Cl. The van der Waals surface area contributed by atoms with E-state index >= 15 is 0 Å². The summed E-state index contributed by atoms with van der Waals surface area (Å²) < 4.78 is 13.2. The van der Waals surface area contributed by atoms with Gasteiger partial charge in [0, 0.05) is 30.7 Å². The van der Waals surface area contributed by atoms with Gasteiger partial charge in [-0.1, -0.05) is 18.2 Å². The number of nitrogens with one attached hydrogen (secondary N) is 1. The quantitative estimate of drug-likeness (QED) is 0.738. The summed E-state index contributed by atoms with van der Waals surface area (Å²) >= 11 is 0. The van der Waals surface area contributed by atoms with E-state index < -0.39 is 0 Å². The van der Waals surface area contributed by atoms with Gasteiger partial charge < -0.3 is 19.4 Å². The fourth-order valence-corrected chi connectivity index (χ4v) is 2.93. The Kier molecular flexibility index (Phi) is 5.81. The van der Waals surface area contributed by atoms with Crippen molar-refractivity contribution >= 4 is 12.4 Å². The second-order valence-electron chi connectivity index (χ2n) is 6.14. The lowest BCUT2D eigenvalue weighted by atomic mass is 10.1. The number of fused-ring (bicyclic) bond motifs is 1. The normalized spacial score (nSPS) is 13.7. The van der Waals surface area contributed by atoms with E-state index in [4.69, 9.17) is 9.47 Å². The lowest BCUT2D eigenvalue weighted by Gasteiger charge is -2.20. The number of hydrogen-bond acceptors (Lipinski definition) is 4. The zero-order chi connectivity index (χ0) is 17.1. The first-order valence-corrected chi connectivity index (χ1v) is 8.50. The molecule has 1 aromatic heterocycles. The highest BCUT2D eigenvalue weighted by molar-refractivity contribution is 5.85. The van der Waals surface area contributed by atoms with E-state index in [0.29, 0.717) is 13.2 Å². The largest absolute Gasteiger partial charge is 0.486 e. The van der Waals surface area contributed by atoms with Crippen molar-refractivity contribution in [3.05, 3.63) is 72.3 Å². The van der Waals surface area contributed by atoms with Gasteiger partial charge in [0.25, 0.3) is 0 Å². The van der Waals surface area contributed by atoms with Crippen molar-refractivity contribution in [2.75, 3.05) is 13.2 Å². The summed E-state index contributed by atoms with van der Waals surface area (Å²) in [6.45, 7) is 4.19. The predicted molar refractivity (Wildman–Crippen MR) is 103 cm³/mol. The van der Waals surface area contributed by atoms with Gasteiger partial charge in [0.05, 0.1) is 6.33 Å². The minimum Gasteiger partial charge on any atom is -0.486 e. The monoisotopic (exact) mass is 371 g/mol. The van der Waals surface area contributed by atoms with Crippen LogP contribution in [0.15, 0.2) is 61.2 Å². The molecule has 0 radical (unpaired) electrons. The molecule has 4 rings (SSSR count). The van der Waals surface area contributed by atoms with Crippen molar-refractivity contribution in [3.8, 4) is 17.2 Å². The summed E-state index contributed by atoms with van der Waals surface area (Å²) in [5, 5.41) is 3.56. The molecule has 0 bridgehead atoms. The molecule has 0 aliphatic carbocycles. The highest BCUT2D eigenvalue weighted by atomic mass is 35.5. The molecule has 5 nitrogen and oxygen atoms in total. The minimum absolute atomic E-state index is 0. The van der Waals surface area contributed by atoms with Crippen LogP contribution in [0.25, 0.3) is 5.69 Å². The molecule has 0 amide bonds. The van der Waals surface area contributed by atoms with E-state index in [0.717, 1.165) is 23.7 Å². The van der Waals surface area contributed by atoms with Crippen LogP contribution in [0.2, 0.25) is 0 Å². The van der Waals surface area contributed by atoms with Gasteiger partial charge in [-0.25, -0.2) is 4.98 Å². The van der Waals surface area contributed by atoms with Gasteiger partial charge in [-0.15, -0.1) is 12.4 Å². The van der Waals surface area contributed by atoms with Gasteiger partial charge in [0.15, 0.2) is 11.5 Å². The van der Waals surface area contributed by atoms with Gasteiger partial charge in [-0.3, -0.25) is 0 Å². The van der Waals surface area contributed by atoms with E-state index in [1.165, 1.54) is 11.1 Å². The number of imidazole rings is 1. The lowest BCUT2D eigenvalue weighted by Crippen LogP contribution is -2.19. The molecule has 1 unspecified atom stereocenters. The van der Waals surface area contributed by atoms with Crippen LogP contribution in [0.4, 0.5) is 0 Å². The van der Waals surface area contributed by atoms with Crippen molar-refractivity contribution < 1.29 is 9.47 Å². The van der Waals surface area contributed by atoms with Gasteiger partial charge in [-0.05, 0) is 42.3 Å². The van der Waals surface area contributed by atoms with Gasteiger partial charge in [-0.2, -0.15) is 0 Å². The second-order valence-corrected chi connectivity index (χ2v) is 6.14. The Morgan fingerprint density at radius 2 is 1.85 bits per heavy atom. The lowest BCUT2D eigenvalue weighted by molar-refractivity contribution is 0.171. The number of hydrogen-bond donors (Lipinski definition) is 1. The average Bonchev–Trinajstić information content (AvgIpc) is 3.21. The Balaban J connectivity index is 0.00000196. The molecule has 0 fully saturated rings. The van der Waals surface area contributed by atoms with Crippen LogP contribution < -0.4 is 14.8 Å². The number of rotatable bonds is 5. The molecule has 26 heavy (non-hydrogen) atoms. The molecule has 2 heterocycles. The van der Waals surface area contributed by atoms with Crippen LogP contribution in [-0.2, 0) is 6.54 Å². The van der Waals surface area contributed by atoms with Gasteiger partial charge >= 0.3 is 0 Å². The van der Waals surface area contributed by atoms with Gasteiger partial charge in [0.1, 0.15) is 13.2 Å². The van der Waals surface area contributed by atoms with Crippen LogP contribution in [0.5, 0.6) is 11.5 Å². The topological polar surface area (TPSA) is 48.3 Å². The Morgan fingerprint density at radius 3 is 2.58 bits per heavy atom. The Hall–Kier alpha value is -2.50. The molecule has 1 atom stereocenters. The summed E-state index contributed by atoms with van der Waals surface area (Å²) in [7, 11) is 0. The first-order valence-electron chi connectivity index (χ1n) is 8.50. The molecule has 1 aliphatic rings. The maximum absolute atomic E-state index is 5.64. The molecular weight excluding hydrogens is 350 g/mol. The van der Waals surface area contributed by atoms with Crippen molar-refractivity contribution in [1.82, 2.24) is 14.9 Å². The van der Waals surface area contributed by atoms with E-state index in [9.17, 15) is 0 Å². The van der Waals surface area contributed by atoms with Crippen LogP contribution >= 0.6 is 12.4 Å². The fraction of sp³-hybridized carbons (Fsp3) is 0.250. The third-order valence-electron chi connectivity index (χ3n) is 4.41. The standard InChI is InChI=1S/C20H21N3O2.ClH/c1-15(17-3-5-18(6-4-17)23-9-8-21-14-23)22-13-16-2-7-19-20(12-16)25-11-10-24-19;/h2-9,12,14-15,22H,10-11,13H2,1H3;1H. The van der Waals surface area contributed by atoms with E-state index in [1.54, 1.807) is 12.5 Å². The molecule has 0 spiro atoms. The smallest absolute Gasteiger partial charge is 0.161 e. The number of ether oxygens (including phenoxy) is 2. The zero-order valence-electron chi connectivity index (χ0n) is 14.6. The fourth-order valence-electron chi connectivity index (χ4n) is 2.93. The molecule has 136 valence electrons. The highest BCUT2D eigenvalue weighted by Gasteiger charge is 2.12. The van der Waals surface area contributed by atoms with Crippen LogP contribution in [0.3, 0.4) is 0 Å². The predicted octanol–water partition coefficient (Wildman–Crippen LogP) is 3.92. The molecule has 1 N–H and O–H groups in total. The Morgan fingerprint density at radius 1 is 1.08 bits per heavy atom. The van der Waals surface area contributed by atoms with Crippen LogP contribution in [-0.4, -0.2) is 22.8 Å². The van der Waals surface area contributed by atoms with Crippen LogP contribution in [0, 0.1) is 0 Å². The number of benzene rings is 2. The molecule has 0 saturated heterocycles. The minimum atomic E-state index is 0. The molecule has 1 aliphatic heterocycles. The number of halogens is 1. The second kappa shape index (κ2) is 8.25. The summed E-state index contributed by atoms with van der Waals surface area (Å²) in [6.07, 6.45) is 5.53. The molecular formula is C20H22ClN3O2. The third-order valence-corrected chi connectivity index (χ3v) is 4.41. The van der Waals surface area contributed by atoms with Crippen molar-refractivity contribution in [1.29, 1.82) is 0 Å². The Labute approximate surface area is 159 Å². The van der Waals surface area contributed by atoms with Crippen LogP contribution in [0.1, 0.15) is 24.1 Å². The Bertz CT molecular complexity index is 835. The molecule has 2 aromatic carbocycles. The zero-order valence-corrected chi connectivity index (χ0v) is 15.4. The van der Waals surface area contributed by atoms with E-state index in [2.05, 4.69) is 53.6 Å². The molecule has 0 saturated carbocycles. The molecule has 6 heteroatoms. The maximum Gasteiger partial charge on any atom is 0.161 e. The van der Waals surface area contributed by atoms with Gasteiger partial charge in [0.2, 0.25) is 0 Å². The van der Waals surface area contributed by atoms with E-state index in [-0.39, 0.29) is 18.4 Å². The maximum atomic E-state index is 5.64. The van der Waals surface area contributed by atoms with E-state index in [1.807, 2.05) is 16.8 Å².